The van der Waals surface area contributed by atoms with Crippen molar-refractivity contribution in [2.75, 3.05) is 6.61 Å². The molecular weight excluding hydrogens is 148 g/mol. The molecule has 9 heavy (non-hydrogen) atoms. The van der Waals surface area contributed by atoms with E-state index in [4.69, 9.17) is 0 Å². The number of thiol groups is 1. The SMILES string of the molecule is O=C1OCC([SH](=O)=O)O1. The molecule has 0 amide bonds. The molecule has 1 aliphatic heterocycles. The highest BCUT2D eigenvalue weighted by Gasteiger charge is 2.26. The summed E-state index contributed by atoms with van der Waals surface area (Å²) < 4.78 is 28.4. The van der Waals surface area contributed by atoms with E-state index in [-0.39, 0.29) is 6.61 Å². The van der Waals surface area contributed by atoms with E-state index in [2.05, 4.69) is 9.47 Å². The fourth-order valence-corrected chi connectivity index (χ4v) is 0.791. The van der Waals surface area contributed by atoms with Crippen LogP contribution in [-0.2, 0) is 20.2 Å². The standard InChI is InChI=1S/C3H4O5S/c4-3-7-1-2(8-3)9(5)6/h2,9H,1H2. The number of hydrogen-bond acceptors (Lipinski definition) is 5. The second-order valence-electron chi connectivity index (χ2n) is 1.42. The Hall–Kier alpha value is -0.780. The summed E-state index contributed by atoms with van der Waals surface area (Å²) in [6.45, 7) is -0.183. The van der Waals surface area contributed by atoms with Gasteiger partial charge in [0.15, 0.2) is 10.7 Å². The van der Waals surface area contributed by atoms with E-state index in [1.54, 1.807) is 0 Å². The Morgan fingerprint density at radius 2 is 2.22 bits per heavy atom. The van der Waals surface area contributed by atoms with Crippen LogP contribution < -0.4 is 0 Å². The van der Waals surface area contributed by atoms with Gasteiger partial charge in [-0.2, -0.15) is 0 Å². The van der Waals surface area contributed by atoms with Crippen molar-refractivity contribution < 1.29 is 22.7 Å². The largest absolute Gasteiger partial charge is 0.509 e. The molecule has 52 valence electrons. The van der Waals surface area contributed by atoms with Crippen molar-refractivity contribution in [2.45, 2.75) is 5.44 Å². The van der Waals surface area contributed by atoms with E-state index in [1.807, 2.05) is 0 Å². The van der Waals surface area contributed by atoms with E-state index in [9.17, 15) is 13.2 Å². The van der Waals surface area contributed by atoms with E-state index in [0.717, 1.165) is 0 Å². The first-order chi connectivity index (χ1) is 4.20. The zero-order valence-corrected chi connectivity index (χ0v) is 5.17. The number of carbonyl (C=O) groups excluding carboxylic acids is 1. The van der Waals surface area contributed by atoms with Crippen LogP contribution in [0.4, 0.5) is 4.79 Å². The third-order valence-corrected chi connectivity index (χ3v) is 1.54. The van der Waals surface area contributed by atoms with E-state index < -0.39 is 22.3 Å². The smallest absolute Gasteiger partial charge is 0.429 e. The zero-order chi connectivity index (χ0) is 6.85. The molecule has 0 aromatic heterocycles. The topological polar surface area (TPSA) is 69.7 Å². The van der Waals surface area contributed by atoms with Gasteiger partial charge >= 0.3 is 6.16 Å². The van der Waals surface area contributed by atoms with Crippen LogP contribution in [0, 0.1) is 0 Å². The molecule has 1 aliphatic rings. The maximum absolute atomic E-state index is 10.0. The fraction of sp³-hybridized carbons (Fsp3) is 0.667. The molecule has 0 saturated carbocycles. The molecule has 0 aromatic rings. The van der Waals surface area contributed by atoms with Gasteiger partial charge in [0.25, 0.3) is 0 Å². The van der Waals surface area contributed by atoms with Gasteiger partial charge in [-0.15, -0.1) is 0 Å². The average molecular weight is 152 g/mol. The van der Waals surface area contributed by atoms with Crippen LogP contribution in [-0.4, -0.2) is 26.6 Å². The molecule has 0 radical (unpaired) electrons. The highest BCUT2D eigenvalue weighted by atomic mass is 32.2. The number of ether oxygens (including phenoxy) is 2. The lowest BCUT2D eigenvalue weighted by atomic mass is 10.8. The average Bonchev–Trinajstić information content (AvgIpc) is 2.14. The molecule has 5 nitrogen and oxygen atoms in total. The van der Waals surface area contributed by atoms with Gasteiger partial charge in [-0.1, -0.05) is 0 Å². The lowest BCUT2D eigenvalue weighted by molar-refractivity contribution is 0.128. The molecule has 1 saturated heterocycles. The minimum absolute atomic E-state index is 0.183. The van der Waals surface area contributed by atoms with Crippen molar-refractivity contribution in [1.29, 1.82) is 0 Å². The van der Waals surface area contributed by atoms with Crippen molar-refractivity contribution >= 4 is 16.9 Å². The van der Waals surface area contributed by atoms with Crippen LogP contribution in [0.15, 0.2) is 0 Å². The predicted octanol–water partition coefficient (Wildman–Crippen LogP) is -0.909. The molecule has 1 rings (SSSR count). The van der Waals surface area contributed by atoms with Gasteiger partial charge < -0.3 is 9.47 Å². The van der Waals surface area contributed by atoms with Crippen molar-refractivity contribution in [2.24, 2.45) is 0 Å². The molecule has 1 heterocycles. The lowest BCUT2D eigenvalue weighted by Gasteiger charge is -1.90. The summed E-state index contributed by atoms with van der Waals surface area (Å²) in [4.78, 5) is 10.0. The van der Waals surface area contributed by atoms with Gasteiger partial charge in [-0.3, -0.25) is 0 Å². The summed E-state index contributed by atoms with van der Waals surface area (Å²) in [6.07, 6.45) is -0.917. The first kappa shape index (κ1) is 6.34. The molecule has 0 N–H and O–H groups in total. The van der Waals surface area contributed by atoms with Crippen molar-refractivity contribution in [3.8, 4) is 0 Å². The maximum atomic E-state index is 10.0. The molecular formula is C3H4O5S. The maximum Gasteiger partial charge on any atom is 0.509 e. The van der Waals surface area contributed by atoms with Crippen molar-refractivity contribution in [3.63, 3.8) is 0 Å². The first-order valence-electron chi connectivity index (χ1n) is 2.17. The highest BCUT2D eigenvalue weighted by molar-refractivity contribution is 7.73. The summed E-state index contributed by atoms with van der Waals surface area (Å²) in [7, 11) is -2.70. The van der Waals surface area contributed by atoms with Crippen LogP contribution in [0.25, 0.3) is 0 Å². The van der Waals surface area contributed by atoms with Crippen LogP contribution in [0.3, 0.4) is 0 Å². The number of cyclic esters (lactones) is 2. The lowest BCUT2D eigenvalue weighted by Crippen LogP contribution is -2.10. The van der Waals surface area contributed by atoms with E-state index in [1.165, 1.54) is 0 Å². The van der Waals surface area contributed by atoms with Crippen LogP contribution in [0.2, 0.25) is 0 Å². The molecule has 1 fully saturated rings. The van der Waals surface area contributed by atoms with Crippen molar-refractivity contribution in [3.05, 3.63) is 0 Å². The second-order valence-corrected chi connectivity index (χ2v) is 2.57. The molecule has 0 spiro atoms. The van der Waals surface area contributed by atoms with Crippen LogP contribution in [0.5, 0.6) is 0 Å². The molecule has 1 atom stereocenters. The zero-order valence-electron chi connectivity index (χ0n) is 4.27. The van der Waals surface area contributed by atoms with Crippen LogP contribution >= 0.6 is 0 Å². The van der Waals surface area contributed by atoms with Gasteiger partial charge in [0.2, 0.25) is 5.44 Å². The normalized spacial score (nSPS) is 25.9. The van der Waals surface area contributed by atoms with Crippen LogP contribution in [0.1, 0.15) is 0 Å². The molecule has 0 aliphatic carbocycles. The van der Waals surface area contributed by atoms with E-state index in [0.29, 0.717) is 0 Å². The second kappa shape index (κ2) is 2.22. The Morgan fingerprint density at radius 1 is 1.56 bits per heavy atom. The third-order valence-electron chi connectivity index (χ3n) is 0.811. The minimum Gasteiger partial charge on any atom is -0.429 e. The Morgan fingerprint density at radius 3 is 2.44 bits per heavy atom. The molecule has 6 heteroatoms. The summed E-state index contributed by atoms with van der Waals surface area (Å²) >= 11 is 0. The highest BCUT2D eigenvalue weighted by Crippen LogP contribution is 2.05. The van der Waals surface area contributed by atoms with Gasteiger partial charge in [0.1, 0.15) is 6.61 Å². The molecule has 0 aromatic carbocycles. The predicted molar refractivity (Wildman–Crippen MR) is 26.5 cm³/mol. The monoisotopic (exact) mass is 152 g/mol. The summed E-state index contributed by atoms with van der Waals surface area (Å²) in [5.74, 6) is 0. The molecule has 1 unspecified atom stereocenters. The molecule has 0 bridgehead atoms. The summed E-state index contributed by atoms with van der Waals surface area (Å²) in [6, 6.07) is 0. The van der Waals surface area contributed by atoms with Crippen molar-refractivity contribution in [1.82, 2.24) is 0 Å². The third kappa shape index (κ3) is 1.32. The summed E-state index contributed by atoms with van der Waals surface area (Å²) in [5.41, 5.74) is -1.08. The van der Waals surface area contributed by atoms with Gasteiger partial charge in [0, 0.05) is 0 Å². The minimum atomic E-state index is -2.70. The first-order valence-corrected chi connectivity index (χ1v) is 3.42. The Bertz CT molecular complexity index is 186. The quantitative estimate of drug-likeness (QED) is 0.389. The van der Waals surface area contributed by atoms with Gasteiger partial charge in [-0.05, 0) is 0 Å². The number of hydrogen-bond donors (Lipinski definition) is 1. The Labute approximate surface area is 52.5 Å². The number of rotatable bonds is 1. The summed E-state index contributed by atoms with van der Waals surface area (Å²) in [5, 5.41) is 0. The van der Waals surface area contributed by atoms with Gasteiger partial charge in [0.05, 0.1) is 0 Å². The Kier molecular flexibility index (Phi) is 1.56. The van der Waals surface area contributed by atoms with E-state index >= 15 is 0 Å². The Balaban J connectivity index is 2.58. The number of carbonyl (C=O) groups is 1. The fourth-order valence-electron chi connectivity index (χ4n) is 0.422. The van der Waals surface area contributed by atoms with Gasteiger partial charge in [-0.25, -0.2) is 13.2 Å².